The summed E-state index contributed by atoms with van der Waals surface area (Å²) in [4.78, 5) is 7.04. The molecule has 2 aromatic rings. The van der Waals surface area contributed by atoms with E-state index in [2.05, 4.69) is 50.9 Å². The van der Waals surface area contributed by atoms with Crippen LogP contribution in [0, 0.1) is 6.92 Å². The zero-order chi connectivity index (χ0) is 13.8. The third-order valence-electron chi connectivity index (χ3n) is 3.70. The van der Waals surface area contributed by atoms with Gasteiger partial charge in [-0.3, -0.25) is 4.90 Å². The second kappa shape index (κ2) is 6.37. The van der Waals surface area contributed by atoms with Gasteiger partial charge in [0, 0.05) is 24.5 Å². The van der Waals surface area contributed by atoms with Gasteiger partial charge in [0.15, 0.2) is 5.13 Å². The van der Waals surface area contributed by atoms with Gasteiger partial charge in [0.25, 0.3) is 0 Å². The summed E-state index contributed by atoms with van der Waals surface area (Å²) in [5, 5.41) is 6.75. The molecule has 1 saturated heterocycles. The number of piperidine rings is 1. The Kier molecular flexibility index (Phi) is 4.33. The van der Waals surface area contributed by atoms with Crippen molar-refractivity contribution in [3.63, 3.8) is 0 Å². The molecule has 3 nitrogen and oxygen atoms in total. The minimum Gasteiger partial charge on any atom is -0.357 e. The van der Waals surface area contributed by atoms with E-state index in [-0.39, 0.29) is 0 Å². The van der Waals surface area contributed by atoms with Crippen molar-refractivity contribution in [1.29, 1.82) is 0 Å². The molecule has 3 rings (SSSR count). The highest BCUT2D eigenvalue weighted by Crippen LogP contribution is 2.20. The van der Waals surface area contributed by atoms with Gasteiger partial charge in [0.1, 0.15) is 0 Å². The van der Waals surface area contributed by atoms with Gasteiger partial charge in [-0.1, -0.05) is 30.3 Å². The van der Waals surface area contributed by atoms with Crippen molar-refractivity contribution in [2.75, 3.05) is 18.4 Å². The summed E-state index contributed by atoms with van der Waals surface area (Å²) in [6, 6.07) is 11.3. The van der Waals surface area contributed by atoms with Crippen LogP contribution in [-0.2, 0) is 6.54 Å². The van der Waals surface area contributed by atoms with Crippen molar-refractivity contribution in [2.45, 2.75) is 32.4 Å². The summed E-state index contributed by atoms with van der Waals surface area (Å²) < 4.78 is 0. The van der Waals surface area contributed by atoms with Gasteiger partial charge in [-0.15, -0.1) is 11.3 Å². The zero-order valence-corrected chi connectivity index (χ0v) is 12.7. The normalized spacial score (nSPS) is 19.9. The third kappa shape index (κ3) is 3.58. The number of hydrogen-bond acceptors (Lipinski definition) is 4. The average Bonchev–Trinajstić information content (AvgIpc) is 2.86. The van der Waals surface area contributed by atoms with Crippen LogP contribution in [0.4, 0.5) is 5.13 Å². The molecule has 1 aromatic heterocycles. The largest absolute Gasteiger partial charge is 0.357 e. The topological polar surface area (TPSA) is 28.2 Å². The SMILES string of the molecule is Cc1csc(NC2CCCN(Cc3ccccc3)C2)n1. The van der Waals surface area contributed by atoms with Crippen molar-refractivity contribution in [3.05, 3.63) is 47.0 Å². The molecule has 20 heavy (non-hydrogen) atoms. The Morgan fingerprint density at radius 2 is 2.20 bits per heavy atom. The van der Waals surface area contributed by atoms with Crippen molar-refractivity contribution in [1.82, 2.24) is 9.88 Å². The van der Waals surface area contributed by atoms with Crippen LogP contribution in [0.25, 0.3) is 0 Å². The Bertz CT molecular complexity index is 538. The maximum atomic E-state index is 4.50. The fourth-order valence-corrected chi connectivity index (χ4v) is 3.52. The number of nitrogens with zero attached hydrogens (tertiary/aromatic N) is 2. The average molecular weight is 287 g/mol. The molecule has 4 heteroatoms. The maximum Gasteiger partial charge on any atom is 0.183 e. The van der Waals surface area contributed by atoms with Crippen LogP contribution >= 0.6 is 11.3 Å². The first kappa shape index (κ1) is 13.6. The molecule has 0 radical (unpaired) electrons. The fraction of sp³-hybridized carbons (Fsp3) is 0.438. The first-order chi connectivity index (χ1) is 9.79. The Morgan fingerprint density at radius 3 is 2.95 bits per heavy atom. The summed E-state index contributed by atoms with van der Waals surface area (Å²) in [7, 11) is 0. The van der Waals surface area contributed by atoms with Crippen molar-refractivity contribution < 1.29 is 0 Å². The van der Waals surface area contributed by atoms with Crippen LogP contribution in [0.3, 0.4) is 0 Å². The standard InChI is InChI=1S/C16H21N3S/c1-13-12-20-16(17-13)18-15-8-5-9-19(11-15)10-14-6-3-2-4-7-14/h2-4,6-7,12,15H,5,8-11H2,1H3,(H,17,18). The van der Waals surface area contributed by atoms with E-state index in [1.54, 1.807) is 11.3 Å². The summed E-state index contributed by atoms with van der Waals surface area (Å²) in [5.41, 5.74) is 2.51. The van der Waals surface area contributed by atoms with Crippen LogP contribution in [-0.4, -0.2) is 29.0 Å². The Morgan fingerprint density at radius 1 is 1.35 bits per heavy atom. The van der Waals surface area contributed by atoms with E-state index in [9.17, 15) is 0 Å². The number of aromatic nitrogens is 1. The van der Waals surface area contributed by atoms with Gasteiger partial charge >= 0.3 is 0 Å². The minimum absolute atomic E-state index is 0.526. The van der Waals surface area contributed by atoms with Gasteiger partial charge in [-0.25, -0.2) is 4.98 Å². The molecule has 1 aromatic carbocycles. The number of rotatable bonds is 4. The number of benzene rings is 1. The molecule has 0 bridgehead atoms. The third-order valence-corrected chi connectivity index (χ3v) is 4.59. The molecule has 0 amide bonds. The summed E-state index contributed by atoms with van der Waals surface area (Å²) in [6.45, 7) is 5.40. The van der Waals surface area contributed by atoms with Crippen LogP contribution in [0.15, 0.2) is 35.7 Å². The molecule has 2 heterocycles. The highest BCUT2D eigenvalue weighted by molar-refractivity contribution is 7.13. The van der Waals surface area contributed by atoms with Gasteiger partial charge in [0.05, 0.1) is 5.69 Å². The summed E-state index contributed by atoms with van der Waals surface area (Å²) in [5.74, 6) is 0. The van der Waals surface area contributed by atoms with E-state index < -0.39 is 0 Å². The molecule has 0 saturated carbocycles. The van der Waals surface area contributed by atoms with Gasteiger partial charge < -0.3 is 5.32 Å². The van der Waals surface area contributed by atoms with Crippen molar-refractivity contribution in [3.8, 4) is 0 Å². The van der Waals surface area contributed by atoms with Crippen molar-refractivity contribution in [2.24, 2.45) is 0 Å². The molecule has 0 aliphatic carbocycles. The predicted octanol–water partition coefficient (Wildman–Crippen LogP) is 3.53. The minimum atomic E-state index is 0.526. The summed E-state index contributed by atoms with van der Waals surface area (Å²) >= 11 is 1.71. The zero-order valence-electron chi connectivity index (χ0n) is 11.9. The highest BCUT2D eigenvalue weighted by atomic mass is 32.1. The molecule has 1 atom stereocenters. The number of hydrogen-bond donors (Lipinski definition) is 1. The first-order valence-electron chi connectivity index (χ1n) is 7.24. The lowest BCUT2D eigenvalue weighted by atomic mass is 10.1. The van der Waals surface area contributed by atoms with Crippen LogP contribution in [0.1, 0.15) is 24.1 Å². The Hall–Kier alpha value is -1.39. The monoisotopic (exact) mass is 287 g/mol. The van der Waals surface area contributed by atoms with E-state index in [0.717, 1.165) is 23.9 Å². The van der Waals surface area contributed by atoms with Crippen LogP contribution in [0.5, 0.6) is 0 Å². The predicted molar refractivity (Wildman–Crippen MR) is 85.2 cm³/mol. The molecule has 1 fully saturated rings. The molecular formula is C16H21N3S. The molecule has 1 unspecified atom stereocenters. The smallest absolute Gasteiger partial charge is 0.183 e. The van der Waals surface area contributed by atoms with Gasteiger partial charge in [-0.05, 0) is 31.9 Å². The second-order valence-electron chi connectivity index (χ2n) is 5.50. The Labute approximate surface area is 124 Å². The van der Waals surface area contributed by atoms with Crippen molar-refractivity contribution >= 4 is 16.5 Å². The number of anilines is 1. The number of thiazole rings is 1. The van der Waals surface area contributed by atoms with Gasteiger partial charge in [-0.2, -0.15) is 0 Å². The van der Waals surface area contributed by atoms with E-state index in [0.29, 0.717) is 6.04 Å². The van der Waals surface area contributed by atoms with E-state index in [4.69, 9.17) is 0 Å². The van der Waals surface area contributed by atoms with Crippen LogP contribution in [0.2, 0.25) is 0 Å². The quantitative estimate of drug-likeness (QED) is 0.932. The highest BCUT2D eigenvalue weighted by Gasteiger charge is 2.20. The first-order valence-corrected chi connectivity index (χ1v) is 8.12. The second-order valence-corrected chi connectivity index (χ2v) is 6.36. The lowest BCUT2D eigenvalue weighted by Crippen LogP contribution is -2.41. The Balaban J connectivity index is 1.56. The number of nitrogens with one attached hydrogen (secondary N) is 1. The molecule has 1 aliphatic heterocycles. The van der Waals surface area contributed by atoms with Gasteiger partial charge in [0.2, 0.25) is 0 Å². The van der Waals surface area contributed by atoms with E-state index >= 15 is 0 Å². The van der Waals surface area contributed by atoms with E-state index in [1.807, 2.05) is 6.92 Å². The molecule has 0 spiro atoms. The molecule has 106 valence electrons. The van der Waals surface area contributed by atoms with E-state index in [1.165, 1.54) is 24.9 Å². The lowest BCUT2D eigenvalue weighted by molar-refractivity contribution is 0.208. The molecular weight excluding hydrogens is 266 g/mol. The number of likely N-dealkylation sites (tertiary alicyclic amines) is 1. The molecule has 1 aliphatic rings. The summed E-state index contributed by atoms with van der Waals surface area (Å²) in [6.07, 6.45) is 2.50. The fourth-order valence-electron chi connectivity index (χ4n) is 2.75. The lowest BCUT2D eigenvalue weighted by Gasteiger charge is -2.33. The maximum absolute atomic E-state index is 4.50. The number of aryl methyl sites for hydroxylation is 1. The van der Waals surface area contributed by atoms with Crippen LogP contribution < -0.4 is 5.32 Å². The molecule has 1 N–H and O–H groups in total.